The van der Waals surface area contributed by atoms with E-state index < -0.39 is 0 Å². The number of carbonyl (C=O) groups excluding carboxylic acids is 4. The predicted octanol–water partition coefficient (Wildman–Crippen LogP) is 23.3. The van der Waals surface area contributed by atoms with Crippen LogP contribution in [0.25, 0.3) is 0 Å². The molecule has 0 radical (unpaired) electrons. The number of hydrogen-bond donors (Lipinski definition) is 0. The topological polar surface area (TPSA) is 105 Å². The lowest BCUT2D eigenvalue weighted by atomic mass is 10.0. The van der Waals surface area contributed by atoms with E-state index in [1.807, 2.05) is 0 Å². The van der Waals surface area contributed by atoms with Gasteiger partial charge in [-0.15, -0.1) is 0 Å². The van der Waals surface area contributed by atoms with Crippen LogP contribution in [0.5, 0.6) is 0 Å². The highest BCUT2D eigenvalue weighted by Crippen LogP contribution is 2.21. The summed E-state index contributed by atoms with van der Waals surface area (Å²) in [7, 11) is 0. The Hall–Kier alpha value is -2.64. The van der Waals surface area contributed by atoms with Crippen molar-refractivity contribution in [3.63, 3.8) is 0 Å². The van der Waals surface area contributed by atoms with E-state index in [4.69, 9.17) is 18.9 Å². The van der Waals surface area contributed by atoms with Crippen molar-refractivity contribution < 1.29 is 38.1 Å². The molecule has 0 saturated heterocycles. The van der Waals surface area contributed by atoms with E-state index in [9.17, 15) is 19.2 Å². The van der Waals surface area contributed by atoms with Gasteiger partial charge in [-0.3, -0.25) is 19.2 Å². The molecule has 0 saturated carbocycles. The summed E-state index contributed by atoms with van der Waals surface area (Å²) in [6, 6.07) is 0. The Morgan fingerprint density at radius 2 is 0.457 bits per heavy atom. The molecule has 8 heteroatoms. The molecule has 0 bridgehead atoms. The Labute approximate surface area is 503 Å². The third-order valence-electron chi connectivity index (χ3n) is 16.3. The van der Waals surface area contributed by atoms with Crippen molar-refractivity contribution in [3.05, 3.63) is 24.3 Å². The van der Waals surface area contributed by atoms with Gasteiger partial charge in [0, 0.05) is 32.1 Å². The van der Waals surface area contributed by atoms with E-state index >= 15 is 0 Å². The molecule has 0 heterocycles. The lowest BCUT2D eigenvalue weighted by molar-refractivity contribution is -0.151. The zero-order chi connectivity index (χ0) is 58.8. The van der Waals surface area contributed by atoms with Crippen LogP contribution in [0.3, 0.4) is 0 Å². The molecule has 2 atom stereocenters. The fourth-order valence-corrected chi connectivity index (χ4v) is 10.9. The van der Waals surface area contributed by atoms with Crippen molar-refractivity contribution in [2.24, 2.45) is 0 Å². The molecule has 0 fully saturated rings. The number of carbonyl (C=O) groups is 4. The Balaban J connectivity index is 4.15. The van der Waals surface area contributed by atoms with Gasteiger partial charge >= 0.3 is 23.9 Å². The first-order valence-corrected chi connectivity index (χ1v) is 35.9. The van der Waals surface area contributed by atoms with Crippen molar-refractivity contribution in [1.29, 1.82) is 0 Å². The first-order chi connectivity index (χ1) is 39.9. The summed E-state index contributed by atoms with van der Waals surface area (Å²) in [6.45, 7) is 9.59. The first kappa shape index (κ1) is 78.4. The molecule has 0 aromatic carbocycles. The maximum absolute atomic E-state index is 12.9. The van der Waals surface area contributed by atoms with Crippen molar-refractivity contribution in [3.8, 4) is 0 Å². The summed E-state index contributed by atoms with van der Waals surface area (Å²) in [5.41, 5.74) is 0. The molecule has 476 valence electrons. The molecular formula is C73H136O8. The first-order valence-electron chi connectivity index (χ1n) is 35.9. The average Bonchev–Trinajstić information content (AvgIpc) is 3.45. The van der Waals surface area contributed by atoms with E-state index in [1.54, 1.807) is 0 Å². The second kappa shape index (κ2) is 66.5. The predicted molar refractivity (Wildman–Crippen MR) is 346 cm³/mol. The number of unbranched alkanes of at least 4 members (excludes halogenated alkanes) is 40. The Morgan fingerprint density at radius 1 is 0.247 bits per heavy atom. The van der Waals surface area contributed by atoms with Gasteiger partial charge in [-0.1, -0.05) is 257 Å². The monoisotopic (exact) mass is 1140 g/mol. The van der Waals surface area contributed by atoms with Gasteiger partial charge in [-0.2, -0.15) is 0 Å². The van der Waals surface area contributed by atoms with Gasteiger partial charge < -0.3 is 18.9 Å². The van der Waals surface area contributed by atoms with Crippen LogP contribution in [-0.4, -0.2) is 49.3 Å². The van der Waals surface area contributed by atoms with E-state index in [2.05, 4.69) is 52.0 Å². The number of allylic oxidation sites excluding steroid dienone is 4. The maximum Gasteiger partial charge on any atom is 0.306 e. The molecule has 8 nitrogen and oxygen atoms in total. The van der Waals surface area contributed by atoms with Crippen molar-refractivity contribution in [1.82, 2.24) is 0 Å². The van der Waals surface area contributed by atoms with E-state index in [0.29, 0.717) is 32.1 Å². The van der Waals surface area contributed by atoms with Crippen LogP contribution in [0.2, 0.25) is 0 Å². The molecule has 0 aromatic heterocycles. The zero-order valence-corrected chi connectivity index (χ0v) is 54.4. The van der Waals surface area contributed by atoms with Crippen LogP contribution in [0, 0.1) is 0 Å². The van der Waals surface area contributed by atoms with Gasteiger partial charge in [0.05, 0.1) is 13.2 Å². The van der Waals surface area contributed by atoms with E-state index in [-0.39, 0.29) is 49.3 Å². The quantitative estimate of drug-likeness (QED) is 0.0257. The van der Waals surface area contributed by atoms with Crippen LogP contribution in [0.1, 0.15) is 394 Å². The number of esters is 4. The summed E-state index contributed by atoms with van der Waals surface area (Å²) in [6.07, 6.45) is 73.2. The molecule has 0 aliphatic heterocycles. The minimum atomic E-state index is -0.181. The number of hydrogen-bond acceptors (Lipinski definition) is 8. The minimum Gasteiger partial charge on any atom is -0.466 e. The van der Waals surface area contributed by atoms with Gasteiger partial charge in [-0.05, 0) is 128 Å². The van der Waals surface area contributed by atoms with Gasteiger partial charge in [0.1, 0.15) is 12.2 Å². The third-order valence-corrected chi connectivity index (χ3v) is 16.3. The highest BCUT2D eigenvalue weighted by atomic mass is 16.6. The fraction of sp³-hybridized carbons (Fsp3) is 0.890. The van der Waals surface area contributed by atoms with Crippen LogP contribution >= 0.6 is 0 Å². The normalized spacial score (nSPS) is 12.4. The van der Waals surface area contributed by atoms with Gasteiger partial charge in [0.25, 0.3) is 0 Å². The molecule has 0 aliphatic carbocycles. The largest absolute Gasteiger partial charge is 0.466 e. The second-order valence-corrected chi connectivity index (χ2v) is 24.4. The van der Waals surface area contributed by atoms with Gasteiger partial charge in [0.15, 0.2) is 0 Å². The molecule has 0 amide bonds. The summed E-state index contributed by atoms with van der Waals surface area (Å²) in [5.74, 6) is -0.396. The fourth-order valence-electron chi connectivity index (χ4n) is 10.9. The number of ether oxygens (including phenoxy) is 4. The van der Waals surface area contributed by atoms with Gasteiger partial charge in [-0.25, -0.2) is 0 Å². The summed E-state index contributed by atoms with van der Waals surface area (Å²) < 4.78 is 23.0. The van der Waals surface area contributed by atoms with Crippen LogP contribution in [-0.2, 0) is 38.1 Å². The maximum atomic E-state index is 12.9. The highest BCUT2D eigenvalue weighted by molar-refractivity contribution is 5.70. The molecule has 0 rings (SSSR count). The van der Waals surface area contributed by atoms with Crippen molar-refractivity contribution in [2.75, 3.05) is 13.2 Å². The van der Waals surface area contributed by atoms with Crippen molar-refractivity contribution in [2.45, 2.75) is 406 Å². The molecular weight excluding hydrogens is 1000 g/mol. The molecule has 0 aliphatic rings. The Bertz CT molecular complexity index is 1290. The van der Waals surface area contributed by atoms with E-state index in [1.165, 1.54) is 205 Å². The SMILES string of the molecule is CCCCCCCC/C=C/CCCCCCCC(=O)OC(CCCCCCCC)CCCCCCCC(=O)OCCCOC(=O)CCCCCCCC(CCCCCCCC)OC(=O)CCCCCCC/C=C/CCCCCCCC. The van der Waals surface area contributed by atoms with Crippen LogP contribution < -0.4 is 0 Å². The van der Waals surface area contributed by atoms with Gasteiger partial charge in [0.2, 0.25) is 0 Å². The summed E-state index contributed by atoms with van der Waals surface area (Å²) in [4.78, 5) is 50.5. The Morgan fingerprint density at radius 3 is 0.716 bits per heavy atom. The third kappa shape index (κ3) is 63.2. The Kier molecular flexibility index (Phi) is 64.3. The summed E-state index contributed by atoms with van der Waals surface area (Å²) in [5, 5.41) is 0. The lowest BCUT2D eigenvalue weighted by Crippen LogP contribution is -2.18. The second-order valence-electron chi connectivity index (χ2n) is 24.4. The average molecular weight is 1140 g/mol. The standard InChI is InChI=1S/C73H136O8/c1-5-9-13-17-21-23-25-27-29-31-33-35-37-45-55-64-72(76)80-68(58-49-41-19-15-11-7-3)60-51-43-39-47-53-62-70(74)78-66-57-67-79-71(75)63-54-48-40-44-52-61-69(59-50-42-20-16-12-8-4)81-73(77)65-56-46-38-36-34-32-30-28-26-24-22-18-14-10-6-2/h27-30,68-69H,5-26,31-67H2,1-4H3/b29-27+,30-28+. The minimum absolute atomic E-state index is 0.0168. The molecule has 81 heavy (non-hydrogen) atoms. The zero-order valence-electron chi connectivity index (χ0n) is 54.4. The smallest absolute Gasteiger partial charge is 0.306 e. The molecule has 0 aromatic rings. The van der Waals surface area contributed by atoms with Crippen LogP contribution in [0.4, 0.5) is 0 Å². The molecule has 0 spiro atoms. The number of rotatable bonds is 66. The highest BCUT2D eigenvalue weighted by Gasteiger charge is 2.16. The molecule has 0 N–H and O–H groups in total. The lowest BCUT2D eigenvalue weighted by Gasteiger charge is -2.18. The van der Waals surface area contributed by atoms with Crippen molar-refractivity contribution >= 4 is 23.9 Å². The molecule has 2 unspecified atom stereocenters. The van der Waals surface area contributed by atoms with Crippen LogP contribution in [0.15, 0.2) is 24.3 Å². The summed E-state index contributed by atoms with van der Waals surface area (Å²) >= 11 is 0. The van der Waals surface area contributed by atoms with E-state index in [0.717, 1.165) is 128 Å².